The van der Waals surface area contributed by atoms with Crippen LogP contribution >= 0.6 is 0 Å². The molecule has 0 aliphatic carbocycles. The Balaban J connectivity index is 2.71. The number of carbonyl (C=O) groups excluding carboxylic acids is 1. The zero-order valence-electron chi connectivity index (χ0n) is 13.1. The van der Waals surface area contributed by atoms with E-state index in [9.17, 15) is 9.90 Å². The third-order valence-electron chi connectivity index (χ3n) is 3.32. The molecule has 1 aromatic rings. The van der Waals surface area contributed by atoms with E-state index in [1.165, 1.54) is 0 Å². The van der Waals surface area contributed by atoms with Gasteiger partial charge in [0, 0.05) is 18.3 Å². The Labute approximate surface area is 121 Å². The maximum Gasteiger partial charge on any atom is 0.238 e. The number of benzene rings is 1. The fourth-order valence-corrected chi connectivity index (χ4v) is 2.17. The minimum atomic E-state index is -0.439. The van der Waals surface area contributed by atoms with E-state index in [1.54, 1.807) is 6.92 Å². The molecule has 0 aromatic heterocycles. The number of aryl methyl sites for hydroxylation is 2. The van der Waals surface area contributed by atoms with Gasteiger partial charge in [0.05, 0.1) is 12.6 Å². The van der Waals surface area contributed by atoms with E-state index in [0.717, 1.165) is 16.8 Å². The van der Waals surface area contributed by atoms with E-state index < -0.39 is 6.10 Å². The summed E-state index contributed by atoms with van der Waals surface area (Å²) in [6, 6.07) is 6.17. The number of para-hydroxylation sites is 1. The Hall–Kier alpha value is -1.39. The molecule has 2 N–H and O–H groups in total. The Morgan fingerprint density at radius 2 is 1.80 bits per heavy atom. The summed E-state index contributed by atoms with van der Waals surface area (Å²) in [6.07, 6.45) is -0.439. The summed E-state index contributed by atoms with van der Waals surface area (Å²) in [6.45, 7) is 10.5. The lowest BCUT2D eigenvalue weighted by Crippen LogP contribution is -2.41. The second-order valence-electron chi connectivity index (χ2n) is 5.69. The topological polar surface area (TPSA) is 52.6 Å². The van der Waals surface area contributed by atoms with Crippen molar-refractivity contribution in [2.75, 3.05) is 18.4 Å². The molecule has 1 unspecified atom stereocenters. The smallest absolute Gasteiger partial charge is 0.238 e. The second-order valence-corrected chi connectivity index (χ2v) is 5.69. The van der Waals surface area contributed by atoms with E-state index in [0.29, 0.717) is 6.54 Å². The maximum atomic E-state index is 12.2. The Bertz CT molecular complexity index is 436. The Kier molecular flexibility index (Phi) is 6.17. The molecule has 1 aromatic carbocycles. The second kappa shape index (κ2) is 7.41. The lowest BCUT2D eigenvalue weighted by atomic mass is 10.1. The molecule has 1 rings (SSSR count). The molecule has 0 bridgehead atoms. The third kappa shape index (κ3) is 4.94. The number of amides is 1. The average molecular weight is 278 g/mol. The monoisotopic (exact) mass is 278 g/mol. The summed E-state index contributed by atoms with van der Waals surface area (Å²) in [4.78, 5) is 14.1. The van der Waals surface area contributed by atoms with Gasteiger partial charge in [-0.3, -0.25) is 9.69 Å². The van der Waals surface area contributed by atoms with E-state index in [4.69, 9.17) is 0 Å². The number of aliphatic hydroxyl groups is 1. The lowest BCUT2D eigenvalue weighted by molar-refractivity contribution is -0.118. The number of rotatable bonds is 6. The molecular formula is C16H26N2O2. The first kappa shape index (κ1) is 16.7. The molecule has 4 nitrogen and oxygen atoms in total. The summed E-state index contributed by atoms with van der Waals surface area (Å²) < 4.78 is 0. The first-order valence-electron chi connectivity index (χ1n) is 7.09. The van der Waals surface area contributed by atoms with Crippen molar-refractivity contribution in [1.82, 2.24) is 4.90 Å². The van der Waals surface area contributed by atoms with Gasteiger partial charge in [-0.15, -0.1) is 0 Å². The Morgan fingerprint density at radius 3 is 2.25 bits per heavy atom. The van der Waals surface area contributed by atoms with Crippen LogP contribution < -0.4 is 5.32 Å². The van der Waals surface area contributed by atoms with E-state index in [2.05, 4.69) is 5.32 Å². The summed E-state index contributed by atoms with van der Waals surface area (Å²) >= 11 is 0. The number of hydrogen-bond acceptors (Lipinski definition) is 3. The fourth-order valence-electron chi connectivity index (χ4n) is 2.17. The van der Waals surface area contributed by atoms with Crippen molar-refractivity contribution in [3.63, 3.8) is 0 Å². The number of hydrogen-bond donors (Lipinski definition) is 2. The van der Waals surface area contributed by atoms with Crippen LogP contribution in [0.1, 0.15) is 31.9 Å². The van der Waals surface area contributed by atoms with Gasteiger partial charge in [-0.2, -0.15) is 0 Å². The van der Waals surface area contributed by atoms with Gasteiger partial charge >= 0.3 is 0 Å². The minimum absolute atomic E-state index is 0.0447. The molecule has 112 valence electrons. The number of carbonyl (C=O) groups is 1. The van der Waals surface area contributed by atoms with E-state index in [1.807, 2.05) is 50.8 Å². The van der Waals surface area contributed by atoms with E-state index in [-0.39, 0.29) is 18.5 Å². The molecule has 1 amide bonds. The summed E-state index contributed by atoms with van der Waals surface area (Å²) in [5.41, 5.74) is 3.01. The highest BCUT2D eigenvalue weighted by atomic mass is 16.3. The van der Waals surface area contributed by atoms with Gasteiger partial charge in [0.25, 0.3) is 0 Å². The highest BCUT2D eigenvalue weighted by molar-refractivity contribution is 5.93. The van der Waals surface area contributed by atoms with Gasteiger partial charge in [0.15, 0.2) is 0 Å². The van der Waals surface area contributed by atoms with Crippen LogP contribution in [0.3, 0.4) is 0 Å². The van der Waals surface area contributed by atoms with E-state index >= 15 is 0 Å². The van der Waals surface area contributed by atoms with Gasteiger partial charge in [-0.05, 0) is 45.7 Å². The zero-order valence-corrected chi connectivity index (χ0v) is 13.1. The number of nitrogens with one attached hydrogen (secondary N) is 1. The van der Waals surface area contributed by atoms with Crippen molar-refractivity contribution >= 4 is 11.6 Å². The zero-order chi connectivity index (χ0) is 15.3. The first-order valence-corrected chi connectivity index (χ1v) is 7.09. The molecule has 0 radical (unpaired) electrons. The van der Waals surface area contributed by atoms with Crippen LogP contribution in [0.25, 0.3) is 0 Å². The van der Waals surface area contributed by atoms with Crippen LogP contribution in [-0.2, 0) is 4.79 Å². The number of anilines is 1. The van der Waals surface area contributed by atoms with Crippen molar-refractivity contribution in [3.05, 3.63) is 29.3 Å². The van der Waals surface area contributed by atoms with Gasteiger partial charge < -0.3 is 10.4 Å². The van der Waals surface area contributed by atoms with Crippen molar-refractivity contribution < 1.29 is 9.90 Å². The molecule has 0 heterocycles. The maximum absolute atomic E-state index is 12.2. The predicted octanol–water partition coefficient (Wildman–Crippen LogP) is 2.33. The highest BCUT2D eigenvalue weighted by Crippen LogP contribution is 2.19. The summed E-state index contributed by atoms with van der Waals surface area (Å²) in [5, 5.41) is 12.5. The normalized spacial score (nSPS) is 12.8. The molecule has 0 aliphatic rings. The lowest BCUT2D eigenvalue weighted by Gasteiger charge is -2.27. The van der Waals surface area contributed by atoms with Crippen LogP contribution in [-0.4, -0.2) is 41.1 Å². The van der Waals surface area contributed by atoms with Gasteiger partial charge in [0.2, 0.25) is 5.91 Å². The molecule has 0 saturated heterocycles. The van der Waals surface area contributed by atoms with Gasteiger partial charge in [-0.25, -0.2) is 0 Å². The van der Waals surface area contributed by atoms with Crippen LogP contribution in [0.5, 0.6) is 0 Å². The number of nitrogens with zero attached hydrogens (tertiary/aromatic N) is 1. The number of aliphatic hydroxyl groups excluding tert-OH is 1. The fraction of sp³-hybridized carbons (Fsp3) is 0.562. The largest absolute Gasteiger partial charge is 0.392 e. The van der Waals surface area contributed by atoms with Crippen molar-refractivity contribution in [1.29, 1.82) is 0 Å². The molecule has 0 saturated carbocycles. The molecule has 0 fully saturated rings. The van der Waals surface area contributed by atoms with Gasteiger partial charge in [0.1, 0.15) is 0 Å². The van der Waals surface area contributed by atoms with Crippen molar-refractivity contribution in [2.24, 2.45) is 0 Å². The van der Waals surface area contributed by atoms with Gasteiger partial charge in [-0.1, -0.05) is 18.2 Å². The summed E-state index contributed by atoms with van der Waals surface area (Å²) in [7, 11) is 0. The van der Waals surface area contributed by atoms with Crippen LogP contribution in [0, 0.1) is 13.8 Å². The van der Waals surface area contributed by atoms with Crippen molar-refractivity contribution in [2.45, 2.75) is 46.8 Å². The minimum Gasteiger partial charge on any atom is -0.392 e. The molecular weight excluding hydrogens is 252 g/mol. The highest BCUT2D eigenvalue weighted by Gasteiger charge is 2.16. The van der Waals surface area contributed by atoms with Crippen molar-refractivity contribution in [3.8, 4) is 0 Å². The first-order chi connectivity index (χ1) is 9.31. The molecule has 1 atom stereocenters. The van der Waals surface area contributed by atoms with Crippen LogP contribution in [0.2, 0.25) is 0 Å². The predicted molar refractivity (Wildman–Crippen MR) is 82.9 cm³/mol. The van der Waals surface area contributed by atoms with Crippen LogP contribution in [0.15, 0.2) is 18.2 Å². The third-order valence-corrected chi connectivity index (χ3v) is 3.32. The quantitative estimate of drug-likeness (QED) is 0.839. The Morgan fingerprint density at radius 1 is 1.25 bits per heavy atom. The molecule has 20 heavy (non-hydrogen) atoms. The standard InChI is InChI=1S/C16H26N2O2/c1-11(2)18(9-14(5)19)10-15(20)17-16-12(3)7-6-8-13(16)4/h6-8,11,14,19H,9-10H2,1-5H3,(H,17,20). The SMILES string of the molecule is Cc1cccc(C)c1NC(=O)CN(CC(C)O)C(C)C. The molecule has 0 spiro atoms. The average Bonchev–Trinajstić information content (AvgIpc) is 2.32. The van der Waals surface area contributed by atoms with Crippen LogP contribution in [0.4, 0.5) is 5.69 Å². The summed E-state index contributed by atoms with van der Waals surface area (Å²) in [5.74, 6) is -0.0447. The molecule has 0 aliphatic heterocycles. The molecule has 4 heteroatoms.